The maximum atomic E-state index is 12.2. The van der Waals surface area contributed by atoms with Crippen LogP contribution in [0.5, 0.6) is 0 Å². The van der Waals surface area contributed by atoms with Gasteiger partial charge in [-0.1, -0.05) is 27.2 Å². The third-order valence-electron chi connectivity index (χ3n) is 5.22. The van der Waals surface area contributed by atoms with Gasteiger partial charge in [-0.15, -0.1) is 0 Å². The van der Waals surface area contributed by atoms with Crippen LogP contribution in [0.3, 0.4) is 0 Å². The van der Waals surface area contributed by atoms with Gasteiger partial charge in [0.25, 0.3) is 11.5 Å². The summed E-state index contributed by atoms with van der Waals surface area (Å²) in [6.07, 6.45) is 6.34. The highest BCUT2D eigenvalue weighted by Crippen LogP contribution is 2.19. The van der Waals surface area contributed by atoms with E-state index >= 15 is 0 Å². The molecular formula is C20H30N6O2. The zero-order valence-corrected chi connectivity index (χ0v) is 16.9. The molecule has 1 amide bonds. The Bertz CT molecular complexity index is 837. The van der Waals surface area contributed by atoms with Gasteiger partial charge in [0.1, 0.15) is 5.69 Å². The second-order valence-electron chi connectivity index (χ2n) is 8.39. The highest BCUT2D eigenvalue weighted by molar-refractivity contribution is 5.91. The Hall–Kier alpha value is -2.48. The molecule has 1 fully saturated rings. The van der Waals surface area contributed by atoms with Crippen LogP contribution in [0, 0.1) is 0 Å². The molecular weight excluding hydrogens is 356 g/mol. The fourth-order valence-electron chi connectivity index (χ4n) is 3.50. The number of piperidine rings is 1. The van der Waals surface area contributed by atoms with Gasteiger partial charge < -0.3 is 10.3 Å². The van der Waals surface area contributed by atoms with Crippen molar-refractivity contribution in [2.24, 2.45) is 0 Å². The summed E-state index contributed by atoms with van der Waals surface area (Å²) in [6.45, 7) is 9.12. The first kappa shape index (κ1) is 20.3. The molecule has 2 N–H and O–H groups in total. The number of carbonyl (C=O) groups excluding carboxylic acids is 1. The third-order valence-corrected chi connectivity index (χ3v) is 5.22. The summed E-state index contributed by atoms with van der Waals surface area (Å²) >= 11 is 0. The lowest BCUT2D eigenvalue weighted by Crippen LogP contribution is -2.48. The lowest BCUT2D eigenvalue weighted by atomic mass is 9.92. The summed E-state index contributed by atoms with van der Waals surface area (Å²) in [5.41, 5.74) is 1.21. The van der Waals surface area contributed by atoms with E-state index in [2.05, 4.69) is 46.1 Å². The Morgan fingerprint density at radius 3 is 2.82 bits per heavy atom. The van der Waals surface area contributed by atoms with Gasteiger partial charge in [-0.25, -0.2) is 9.67 Å². The number of rotatable bonds is 6. The fourth-order valence-corrected chi connectivity index (χ4v) is 3.50. The third kappa shape index (κ3) is 5.07. The van der Waals surface area contributed by atoms with Crippen molar-refractivity contribution in [3.8, 4) is 0 Å². The maximum Gasteiger partial charge on any atom is 0.269 e. The van der Waals surface area contributed by atoms with E-state index in [1.54, 1.807) is 10.7 Å². The van der Waals surface area contributed by atoms with E-state index in [1.165, 1.54) is 12.5 Å². The van der Waals surface area contributed by atoms with Crippen molar-refractivity contribution < 1.29 is 4.79 Å². The van der Waals surface area contributed by atoms with E-state index in [4.69, 9.17) is 0 Å². The number of aromatic amines is 1. The largest absolute Gasteiger partial charge is 0.349 e. The summed E-state index contributed by atoms with van der Waals surface area (Å²) in [6, 6.07) is 3.68. The number of nitrogens with zero attached hydrogens (tertiary/aromatic N) is 4. The zero-order chi connectivity index (χ0) is 20.1. The minimum atomic E-state index is -0.140. The average Bonchev–Trinajstić information content (AvgIpc) is 3.20. The molecule has 1 saturated heterocycles. The number of imidazole rings is 1. The SMILES string of the molecule is CC(C)(C)c1ccc(=O)n(CCN2CCCCC2CNC(=O)c2cnc[nH]2)n1. The molecule has 8 nitrogen and oxygen atoms in total. The van der Waals surface area contributed by atoms with Gasteiger partial charge in [-0.05, 0) is 25.5 Å². The number of hydrogen-bond donors (Lipinski definition) is 2. The Labute approximate surface area is 165 Å². The Kier molecular flexibility index (Phi) is 6.28. The van der Waals surface area contributed by atoms with Crippen molar-refractivity contribution in [1.82, 2.24) is 30.0 Å². The molecule has 0 radical (unpaired) electrons. The average molecular weight is 386 g/mol. The summed E-state index contributed by atoms with van der Waals surface area (Å²) in [4.78, 5) is 33.4. The van der Waals surface area contributed by atoms with Crippen molar-refractivity contribution >= 4 is 5.91 Å². The second-order valence-corrected chi connectivity index (χ2v) is 8.39. The highest BCUT2D eigenvalue weighted by Gasteiger charge is 2.23. The number of carbonyl (C=O) groups is 1. The van der Waals surface area contributed by atoms with Gasteiger partial charge in [0.2, 0.25) is 0 Å². The molecule has 0 saturated carbocycles. The minimum Gasteiger partial charge on any atom is -0.349 e. The lowest BCUT2D eigenvalue weighted by Gasteiger charge is -2.35. The van der Waals surface area contributed by atoms with Crippen LogP contribution in [0.2, 0.25) is 0 Å². The molecule has 1 aliphatic rings. The molecule has 0 bridgehead atoms. The van der Waals surface area contributed by atoms with E-state index in [9.17, 15) is 9.59 Å². The molecule has 1 aliphatic heterocycles. The van der Waals surface area contributed by atoms with E-state index in [-0.39, 0.29) is 22.9 Å². The van der Waals surface area contributed by atoms with Crippen LogP contribution < -0.4 is 10.9 Å². The van der Waals surface area contributed by atoms with Gasteiger partial charge in [-0.2, -0.15) is 5.10 Å². The summed E-state index contributed by atoms with van der Waals surface area (Å²) in [7, 11) is 0. The molecule has 3 heterocycles. The Morgan fingerprint density at radius 1 is 1.29 bits per heavy atom. The topological polar surface area (TPSA) is 95.9 Å². The highest BCUT2D eigenvalue weighted by atomic mass is 16.2. The van der Waals surface area contributed by atoms with Crippen molar-refractivity contribution in [2.45, 2.75) is 58.0 Å². The van der Waals surface area contributed by atoms with Crippen LogP contribution in [0.1, 0.15) is 56.2 Å². The molecule has 152 valence electrons. The monoisotopic (exact) mass is 386 g/mol. The van der Waals surface area contributed by atoms with E-state index in [0.29, 0.717) is 18.8 Å². The molecule has 2 aromatic heterocycles. The molecule has 8 heteroatoms. The van der Waals surface area contributed by atoms with Gasteiger partial charge in [0.05, 0.1) is 24.8 Å². The normalized spacial score (nSPS) is 18.2. The van der Waals surface area contributed by atoms with Crippen LogP contribution in [-0.4, -0.2) is 56.2 Å². The molecule has 3 rings (SSSR count). The first-order chi connectivity index (χ1) is 13.3. The molecule has 1 unspecified atom stereocenters. The molecule has 28 heavy (non-hydrogen) atoms. The van der Waals surface area contributed by atoms with Gasteiger partial charge in [0, 0.05) is 30.6 Å². The summed E-state index contributed by atoms with van der Waals surface area (Å²) in [5.74, 6) is -0.140. The molecule has 1 atom stereocenters. The Morgan fingerprint density at radius 2 is 2.11 bits per heavy atom. The fraction of sp³-hybridized carbons (Fsp3) is 0.600. The Balaban J connectivity index is 1.60. The van der Waals surface area contributed by atoms with E-state index in [0.717, 1.165) is 38.0 Å². The van der Waals surface area contributed by atoms with Gasteiger partial charge >= 0.3 is 0 Å². The van der Waals surface area contributed by atoms with Crippen molar-refractivity contribution in [3.05, 3.63) is 46.4 Å². The predicted molar refractivity (Wildman–Crippen MR) is 107 cm³/mol. The molecule has 0 spiro atoms. The van der Waals surface area contributed by atoms with Crippen molar-refractivity contribution in [2.75, 3.05) is 19.6 Å². The minimum absolute atomic E-state index is 0.0749. The summed E-state index contributed by atoms with van der Waals surface area (Å²) in [5, 5.41) is 7.54. The number of H-pyrrole nitrogens is 1. The molecule has 0 aromatic carbocycles. The maximum absolute atomic E-state index is 12.2. The first-order valence-electron chi connectivity index (χ1n) is 9.94. The number of aromatic nitrogens is 4. The first-order valence-corrected chi connectivity index (χ1v) is 9.94. The van der Waals surface area contributed by atoms with Crippen LogP contribution in [-0.2, 0) is 12.0 Å². The molecule has 2 aromatic rings. The van der Waals surface area contributed by atoms with Gasteiger partial charge in [0.15, 0.2) is 0 Å². The van der Waals surface area contributed by atoms with Crippen molar-refractivity contribution in [1.29, 1.82) is 0 Å². The van der Waals surface area contributed by atoms with Crippen LogP contribution >= 0.6 is 0 Å². The standard InChI is InChI=1S/C20H30N6O2/c1-20(2,3)17-7-8-18(27)26(24-17)11-10-25-9-5-4-6-15(25)12-22-19(28)16-13-21-14-23-16/h7-8,13-15H,4-6,9-12H2,1-3H3,(H,21,23)(H,22,28). The predicted octanol–water partition coefficient (Wildman–Crippen LogP) is 1.55. The van der Waals surface area contributed by atoms with Crippen LogP contribution in [0.15, 0.2) is 29.5 Å². The second kappa shape index (κ2) is 8.68. The van der Waals surface area contributed by atoms with E-state index < -0.39 is 0 Å². The van der Waals surface area contributed by atoms with Crippen LogP contribution in [0.4, 0.5) is 0 Å². The summed E-state index contributed by atoms with van der Waals surface area (Å²) < 4.78 is 1.56. The zero-order valence-electron chi connectivity index (χ0n) is 16.9. The number of hydrogen-bond acceptors (Lipinski definition) is 5. The number of nitrogens with one attached hydrogen (secondary N) is 2. The van der Waals surface area contributed by atoms with Crippen molar-refractivity contribution in [3.63, 3.8) is 0 Å². The smallest absolute Gasteiger partial charge is 0.269 e. The molecule has 0 aliphatic carbocycles. The number of amides is 1. The quantitative estimate of drug-likeness (QED) is 0.785. The van der Waals surface area contributed by atoms with Gasteiger partial charge in [-0.3, -0.25) is 14.5 Å². The van der Waals surface area contributed by atoms with E-state index in [1.807, 2.05) is 6.07 Å². The number of likely N-dealkylation sites (tertiary alicyclic amines) is 1. The lowest BCUT2D eigenvalue weighted by molar-refractivity contribution is 0.0905. The van der Waals surface area contributed by atoms with Crippen LogP contribution in [0.25, 0.3) is 0 Å².